The molecule has 3 heterocycles. The molecule has 1 aliphatic rings. The standard InChI is InChI=1S/C15H16N2O4S2/c1-9-2-3-12(21-9)14-16-11(8-23-14)15(20)17-4-5-22-7-10(17)6-13(18)19/h2-3,8,10H,4-7H2,1H3,(H,18,19). The van der Waals surface area contributed by atoms with Crippen molar-refractivity contribution in [2.45, 2.75) is 19.4 Å². The van der Waals surface area contributed by atoms with Gasteiger partial charge in [0.25, 0.3) is 5.91 Å². The van der Waals surface area contributed by atoms with E-state index in [-0.39, 0.29) is 18.4 Å². The van der Waals surface area contributed by atoms with Crippen LogP contribution in [0.15, 0.2) is 21.9 Å². The predicted molar refractivity (Wildman–Crippen MR) is 89.0 cm³/mol. The number of amides is 1. The van der Waals surface area contributed by atoms with Crippen molar-refractivity contribution >= 4 is 35.0 Å². The Labute approximate surface area is 141 Å². The van der Waals surface area contributed by atoms with Crippen LogP contribution >= 0.6 is 23.1 Å². The zero-order valence-electron chi connectivity index (χ0n) is 12.5. The molecule has 1 unspecified atom stereocenters. The summed E-state index contributed by atoms with van der Waals surface area (Å²) in [6, 6.07) is 3.39. The van der Waals surface area contributed by atoms with Crippen LogP contribution in [0.5, 0.6) is 0 Å². The van der Waals surface area contributed by atoms with E-state index in [1.165, 1.54) is 11.3 Å². The summed E-state index contributed by atoms with van der Waals surface area (Å²) in [7, 11) is 0. The number of aromatic nitrogens is 1. The summed E-state index contributed by atoms with van der Waals surface area (Å²) in [5.74, 6) is 1.80. The molecule has 0 saturated carbocycles. The lowest BCUT2D eigenvalue weighted by Crippen LogP contribution is -2.47. The van der Waals surface area contributed by atoms with E-state index in [1.807, 2.05) is 19.1 Å². The zero-order chi connectivity index (χ0) is 16.4. The highest BCUT2D eigenvalue weighted by atomic mass is 32.2. The second kappa shape index (κ2) is 6.76. The van der Waals surface area contributed by atoms with E-state index in [2.05, 4.69) is 4.98 Å². The maximum absolute atomic E-state index is 12.7. The lowest BCUT2D eigenvalue weighted by molar-refractivity contribution is -0.138. The van der Waals surface area contributed by atoms with Gasteiger partial charge in [0.2, 0.25) is 0 Å². The first-order valence-electron chi connectivity index (χ1n) is 7.17. The number of carbonyl (C=O) groups is 2. The van der Waals surface area contributed by atoms with Crippen molar-refractivity contribution in [2.75, 3.05) is 18.1 Å². The highest BCUT2D eigenvalue weighted by Crippen LogP contribution is 2.27. The summed E-state index contributed by atoms with van der Waals surface area (Å²) >= 11 is 3.03. The lowest BCUT2D eigenvalue weighted by atomic mass is 10.2. The van der Waals surface area contributed by atoms with Gasteiger partial charge in [-0.05, 0) is 19.1 Å². The van der Waals surface area contributed by atoms with Crippen LogP contribution in [-0.4, -0.2) is 51.0 Å². The van der Waals surface area contributed by atoms with Gasteiger partial charge in [-0.15, -0.1) is 11.3 Å². The number of thioether (sulfide) groups is 1. The Kier molecular flexibility index (Phi) is 4.72. The average Bonchev–Trinajstić information content (AvgIpc) is 3.15. The molecule has 1 saturated heterocycles. The SMILES string of the molecule is Cc1ccc(-c2nc(C(=O)N3CCSCC3CC(=O)O)cs2)o1. The molecule has 2 aromatic heterocycles. The fourth-order valence-electron chi connectivity index (χ4n) is 2.47. The Morgan fingerprint density at radius 3 is 3.00 bits per heavy atom. The number of furan rings is 1. The van der Waals surface area contributed by atoms with E-state index in [9.17, 15) is 9.59 Å². The Hall–Kier alpha value is -1.80. The molecule has 1 fully saturated rings. The van der Waals surface area contributed by atoms with Crippen molar-refractivity contribution in [1.82, 2.24) is 9.88 Å². The molecule has 8 heteroatoms. The van der Waals surface area contributed by atoms with Gasteiger partial charge < -0.3 is 14.4 Å². The quantitative estimate of drug-likeness (QED) is 0.911. The molecule has 3 rings (SSSR count). The number of aliphatic carboxylic acids is 1. The molecule has 122 valence electrons. The summed E-state index contributed by atoms with van der Waals surface area (Å²) in [5.41, 5.74) is 0.348. The van der Waals surface area contributed by atoms with E-state index >= 15 is 0 Å². The predicted octanol–water partition coefficient (Wildman–Crippen LogP) is 2.74. The Balaban J connectivity index is 1.79. The zero-order valence-corrected chi connectivity index (χ0v) is 14.2. The highest BCUT2D eigenvalue weighted by molar-refractivity contribution is 7.99. The number of rotatable bonds is 4. The van der Waals surface area contributed by atoms with Crippen LogP contribution in [0.4, 0.5) is 0 Å². The normalized spacial score (nSPS) is 18.1. The number of hydrogen-bond donors (Lipinski definition) is 1. The average molecular weight is 352 g/mol. The Bertz CT molecular complexity index is 725. The molecule has 23 heavy (non-hydrogen) atoms. The van der Waals surface area contributed by atoms with Gasteiger partial charge in [-0.25, -0.2) is 4.98 Å². The molecule has 2 aromatic rings. The number of carbonyl (C=O) groups excluding carboxylic acids is 1. The molecule has 0 spiro atoms. The van der Waals surface area contributed by atoms with Gasteiger partial charge >= 0.3 is 5.97 Å². The van der Waals surface area contributed by atoms with Gasteiger partial charge in [0.15, 0.2) is 10.8 Å². The van der Waals surface area contributed by atoms with Gasteiger partial charge in [0, 0.05) is 23.4 Å². The first-order chi connectivity index (χ1) is 11.0. The van der Waals surface area contributed by atoms with Crippen molar-refractivity contribution in [3.05, 3.63) is 29.0 Å². The summed E-state index contributed by atoms with van der Waals surface area (Å²) in [5, 5.41) is 11.4. The maximum atomic E-state index is 12.7. The summed E-state index contributed by atoms with van der Waals surface area (Å²) < 4.78 is 5.52. The van der Waals surface area contributed by atoms with Gasteiger partial charge in [0.1, 0.15) is 11.5 Å². The van der Waals surface area contributed by atoms with E-state index in [0.29, 0.717) is 28.8 Å². The smallest absolute Gasteiger partial charge is 0.305 e. The maximum Gasteiger partial charge on any atom is 0.305 e. The third-order valence-electron chi connectivity index (χ3n) is 3.57. The van der Waals surface area contributed by atoms with Crippen LogP contribution in [0.1, 0.15) is 22.7 Å². The van der Waals surface area contributed by atoms with E-state index < -0.39 is 5.97 Å². The van der Waals surface area contributed by atoms with Crippen molar-refractivity contribution in [2.24, 2.45) is 0 Å². The van der Waals surface area contributed by atoms with Gasteiger partial charge in [-0.3, -0.25) is 9.59 Å². The van der Waals surface area contributed by atoms with Crippen molar-refractivity contribution in [1.29, 1.82) is 0 Å². The molecule has 1 N–H and O–H groups in total. The van der Waals surface area contributed by atoms with Crippen molar-refractivity contribution in [3.8, 4) is 10.8 Å². The van der Waals surface area contributed by atoms with Crippen LogP contribution in [-0.2, 0) is 4.79 Å². The number of nitrogens with zero attached hydrogens (tertiary/aromatic N) is 2. The third kappa shape index (κ3) is 3.59. The molecule has 1 atom stereocenters. The summed E-state index contributed by atoms with van der Waals surface area (Å²) in [6.07, 6.45) is -0.0346. The second-order valence-electron chi connectivity index (χ2n) is 5.27. The van der Waals surface area contributed by atoms with E-state index in [1.54, 1.807) is 22.0 Å². The van der Waals surface area contributed by atoms with Gasteiger partial charge in [0.05, 0.1) is 12.5 Å². The fraction of sp³-hybridized carbons (Fsp3) is 0.400. The largest absolute Gasteiger partial charge is 0.481 e. The van der Waals surface area contributed by atoms with Crippen LogP contribution in [0.2, 0.25) is 0 Å². The number of aryl methyl sites for hydroxylation is 1. The van der Waals surface area contributed by atoms with Crippen LogP contribution < -0.4 is 0 Å². The third-order valence-corrected chi connectivity index (χ3v) is 5.52. The second-order valence-corrected chi connectivity index (χ2v) is 7.28. The molecule has 0 aromatic carbocycles. The Morgan fingerprint density at radius 1 is 1.48 bits per heavy atom. The molecule has 0 radical (unpaired) electrons. The summed E-state index contributed by atoms with van der Waals surface area (Å²) in [4.78, 5) is 29.7. The molecular weight excluding hydrogens is 336 g/mol. The number of carboxylic acid groups (broad SMARTS) is 1. The molecule has 1 amide bonds. The van der Waals surface area contributed by atoms with Crippen LogP contribution in [0.25, 0.3) is 10.8 Å². The first-order valence-corrected chi connectivity index (χ1v) is 9.21. The fourth-order valence-corrected chi connectivity index (χ4v) is 4.29. The molecular formula is C15H16N2O4S2. The van der Waals surface area contributed by atoms with Crippen LogP contribution in [0.3, 0.4) is 0 Å². The van der Waals surface area contributed by atoms with Crippen molar-refractivity contribution < 1.29 is 19.1 Å². The van der Waals surface area contributed by atoms with Gasteiger partial charge in [-0.1, -0.05) is 0 Å². The lowest BCUT2D eigenvalue weighted by Gasteiger charge is -2.34. The minimum atomic E-state index is -0.889. The molecule has 0 aliphatic carbocycles. The van der Waals surface area contributed by atoms with E-state index in [4.69, 9.17) is 9.52 Å². The van der Waals surface area contributed by atoms with Crippen LogP contribution in [0, 0.1) is 6.92 Å². The summed E-state index contributed by atoms with van der Waals surface area (Å²) in [6.45, 7) is 2.40. The van der Waals surface area contributed by atoms with Gasteiger partial charge in [-0.2, -0.15) is 11.8 Å². The topological polar surface area (TPSA) is 83.6 Å². The van der Waals surface area contributed by atoms with E-state index in [0.717, 1.165) is 11.5 Å². The Morgan fingerprint density at radius 2 is 2.30 bits per heavy atom. The van der Waals surface area contributed by atoms with Crippen molar-refractivity contribution in [3.63, 3.8) is 0 Å². The molecule has 0 bridgehead atoms. The monoisotopic (exact) mass is 352 g/mol. The first kappa shape index (κ1) is 16.1. The minimum Gasteiger partial charge on any atom is -0.481 e. The number of carboxylic acids is 1. The minimum absolute atomic E-state index is 0.0346. The highest BCUT2D eigenvalue weighted by Gasteiger charge is 2.30. The molecule has 1 aliphatic heterocycles. The number of thiazole rings is 1. The number of hydrogen-bond acceptors (Lipinski definition) is 6. The molecule has 6 nitrogen and oxygen atoms in total.